The summed E-state index contributed by atoms with van der Waals surface area (Å²) in [5.74, 6) is 0. The third-order valence-corrected chi connectivity index (χ3v) is 1.73. The predicted octanol–water partition coefficient (Wildman–Crippen LogP) is 0.524. The van der Waals surface area contributed by atoms with Gasteiger partial charge in [-0.25, -0.2) is 0 Å². The quantitative estimate of drug-likeness (QED) is 0.400. The summed E-state index contributed by atoms with van der Waals surface area (Å²) in [5.41, 5.74) is 4.68. The van der Waals surface area contributed by atoms with Gasteiger partial charge in [0.05, 0.1) is 5.71 Å². The lowest BCUT2D eigenvalue weighted by Gasteiger charge is -1.85. The number of fused-ring (bicyclic) bond motifs is 3. The summed E-state index contributed by atoms with van der Waals surface area (Å²) in [6.45, 7) is 0. The first-order valence-corrected chi connectivity index (χ1v) is 2.27. The third kappa shape index (κ3) is 0.0526. The van der Waals surface area contributed by atoms with E-state index < -0.39 is 0 Å². The fraction of sp³-hybridized carbons (Fsp3) is 0.400. The molecule has 1 aliphatic heterocycles. The number of hydrogen-bond donors (Lipinski definition) is 0. The molecule has 0 amide bonds. The first-order chi connectivity index (χ1) is 2.97. The summed E-state index contributed by atoms with van der Waals surface area (Å²) in [7, 11) is 0. The van der Waals surface area contributed by atoms with Crippen molar-refractivity contribution in [3.05, 3.63) is 11.1 Å². The van der Waals surface area contributed by atoms with Crippen molar-refractivity contribution in [3.63, 3.8) is 0 Å². The Morgan fingerprint density at radius 2 is 2.67 bits per heavy atom. The molecule has 0 N–H and O–H groups in total. The maximum absolute atomic E-state index is 4.14. The Balaban J connectivity index is 2.49. The largest absolute Gasteiger partial charge is 0.273 e. The Morgan fingerprint density at radius 3 is 2.83 bits per heavy atom. The molecule has 0 saturated carbocycles. The zero-order chi connectivity index (χ0) is 3.72. The number of nitrogens with zero attached hydrogens (tertiary/aromatic N) is 1. The molecule has 0 aromatic carbocycles. The van der Waals surface area contributed by atoms with Crippen LogP contribution in [0.5, 0.6) is 0 Å². The Bertz CT molecular complexity index is 190. The van der Waals surface area contributed by atoms with Crippen molar-refractivity contribution in [2.45, 2.75) is 12.5 Å². The van der Waals surface area contributed by atoms with E-state index in [1.54, 1.807) is 11.1 Å². The first-order valence-electron chi connectivity index (χ1n) is 2.27. The van der Waals surface area contributed by atoms with Gasteiger partial charge in [0.1, 0.15) is 6.04 Å². The molecule has 28 valence electrons. The molecule has 3 rings (SSSR count). The topological polar surface area (TPSA) is 12.4 Å². The standard InChI is InChI=1S/C5H3N/c1-2-3(1)5-4(2)6-5/h4H,1H2. The van der Waals surface area contributed by atoms with E-state index in [0.717, 1.165) is 0 Å². The summed E-state index contributed by atoms with van der Waals surface area (Å²) >= 11 is 0. The van der Waals surface area contributed by atoms with Gasteiger partial charge in [-0.3, -0.25) is 4.99 Å². The van der Waals surface area contributed by atoms with Crippen LogP contribution in [0.2, 0.25) is 0 Å². The van der Waals surface area contributed by atoms with Crippen molar-refractivity contribution >= 4 is 5.71 Å². The smallest absolute Gasteiger partial charge is 0.114 e. The van der Waals surface area contributed by atoms with Crippen LogP contribution in [0.3, 0.4) is 0 Å². The average molecular weight is 77.1 g/mol. The van der Waals surface area contributed by atoms with Crippen LogP contribution in [0.1, 0.15) is 6.42 Å². The zero-order valence-electron chi connectivity index (χ0n) is 3.23. The molecule has 6 heavy (non-hydrogen) atoms. The van der Waals surface area contributed by atoms with E-state index in [1.165, 1.54) is 12.1 Å². The van der Waals surface area contributed by atoms with Gasteiger partial charge in [-0.2, -0.15) is 0 Å². The van der Waals surface area contributed by atoms with Crippen molar-refractivity contribution in [2.24, 2.45) is 4.99 Å². The Hall–Kier alpha value is -0.590. The lowest BCUT2D eigenvalue weighted by Crippen LogP contribution is -1.97. The molecule has 0 spiro atoms. The molecule has 2 aliphatic carbocycles. The van der Waals surface area contributed by atoms with Crippen molar-refractivity contribution in [2.75, 3.05) is 0 Å². The van der Waals surface area contributed by atoms with E-state index in [0.29, 0.717) is 6.04 Å². The molecule has 1 unspecified atom stereocenters. The Kier molecular flexibility index (Phi) is 0.0911. The first kappa shape index (κ1) is 1.92. The van der Waals surface area contributed by atoms with Gasteiger partial charge in [0.25, 0.3) is 0 Å². The minimum atomic E-state index is 0.694. The third-order valence-electron chi connectivity index (χ3n) is 1.73. The number of rotatable bonds is 0. The van der Waals surface area contributed by atoms with Gasteiger partial charge < -0.3 is 0 Å². The minimum Gasteiger partial charge on any atom is -0.273 e. The second-order valence-corrected chi connectivity index (χ2v) is 2.10. The van der Waals surface area contributed by atoms with Crippen LogP contribution in [0.4, 0.5) is 0 Å². The van der Waals surface area contributed by atoms with Crippen molar-refractivity contribution in [1.82, 2.24) is 0 Å². The van der Waals surface area contributed by atoms with Crippen molar-refractivity contribution in [3.8, 4) is 0 Å². The second kappa shape index (κ2) is 0.285. The molecule has 0 aromatic rings. The Labute approximate surface area is 35.4 Å². The molecule has 3 aliphatic rings. The van der Waals surface area contributed by atoms with Gasteiger partial charge in [-0.05, 0) is 17.6 Å². The number of aliphatic imine (C=N–C) groups is 1. The highest BCUT2D eigenvalue weighted by molar-refractivity contribution is 6.28. The van der Waals surface area contributed by atoms with Crippen LogP contribution in [0, 0.1) is 0 Å². The minimum absolute atomic E-state index is 0.694. The van der Waals surface area contributed by atoms with Crippen LogP contribution in [-0.4, -0.2) is 11.8 Å². The highest BCUT2D eigenvalue weighted by Gasteiger charge is 2.55. The maximum atomic E-state index is 4.14. The van der Waals surface area contributed by atoms with Gasteiger partial charge in [0, 0.05) is 0 Å². The molecule has 1 nitrogen and oxygen atoms in total. The predicted molar refractivity (Wildman–Crippen MR) is 22.9 cm³/mol. The van der Waals surface area contributed by atoms with Gasteiger partial charge in [-0.15, -0.1) is 0 Å². The maximum Gasteiger partial charge on any atom is 0.114 e. The lowest BCUT2D eigenvalue weighted by molar-refractivity contribution is 1.21. The average Bonchev–Trinajstić information content (AvgIpc) is 2.04. The van der Waals surface area contributed by atoms with Gasteiger partial charge in [-0.1, -0.05) is 0 Å². The molecule has 1 heterocycles. The summed E-state index contributed by atoms with van der Waals surface area (Å²) in [5, 5.41) is 0. The molecular formula is C5H3N. The molecule has 1 atom stereocenters. The van der Waals surface area contributed by atoms with Crippen LogP contribution >= 0.6 is 0 Å². The molecule has 0 radical (unpaired) electrons. The molecule has 1 heteroatoms. The highest BCUT2D eigenvalue weighted by Crippen LogP contribution is 2.55. The van der Waals surface area contributed by atoms with Gasteiger partial charge in [0.2, 0.25) is 0 Å². The molecule has 0 fully saturated rings. The van der Waals surface area contributed by atoms with E-state index in [-0.39, 0.29) is 0 Å². The van der Waals surface area contributed by atoms with Crippen molar-refractivity contribution in [1.29, 1.82) is 0 Å². The van der Waals surface area contributed by atoms with Crippen LogP contribution in [0.15, 0.2) is 16.1 Å². The van der Waals surface area contributed by atoms with Gasteiger partial charge in [0.15, 0.2) is 0 Å². The fourth-order valence-electron chi connectivity index (χ4n) is 1.17. The lowest BCUT2D eigenvalue weighted by atomic mass is 10.1. The Morgan fingerprint density at radius 1 is 1.67 bits per heavy atom. The second-order valence-electron chi connectivity index (χ2n) is 2.10. The zero-order valence-corrected chi connectivity index (χ0v) is 3.23. The van der Waals surface area contributed by atoms with E-state index in [9.17, 15) is 0 Å². The summed E-state index contributed by atoms with van der Waals surface area (Å²) in [6.07, 6.45) is 1.32. The van der Waals surface area contributed by atoms with Crippen LogP contribution in [-0.2, 0) is 0 Å². The van der Waals surface area contributed by atoms with Crippen molar-refractivity contribution < 1.29 is 0 Å². The molecular weight excluding hydrogens is 74.1 g/mol. The van der Waals surface area contributed by atoms with Gasteiger partial charge >= 0.3 is 0 Å². The summed E-state index contributed by atoms with van der Waals surface area (Å²) < 4.78 is 0. The SMILES string of the molecule is C1C2=C1C1N=C21. The van der Waals surface area contributed by atoms with E-state index in [4.69, 9.17) is 0 Å². The number of hydrogen-bond acceptors (Lipinski definition) is 1. The molecule has 0 bridgehead atoms. The van der Waals surface area contributed by atoms with Crippen LogP contribution < -0.4 is 0 Å². The van der Waals surface area contributed by atoms with E-state index >= 15 is 0 Å². The highest BCUT2D eigenvalue weighted by atomic mass is 15.0. The van der Waals surface area contributed by atoms with E-state index in [2.05, 4.69) is 4.99 Å². The summed E-state index contributed by atoms with van der Waals surface area (Å²) in [6, 6.07) is 0.694. The monoisotopic (exact) mass is 77.0 g/mol. The van der Waals surface area contributed by atoms with E-state index in [1.807, 2.05) is 0 Å². The molecule has 0 aromatic heterocycles. The fourth-order valence-corrected chi connectivity index (χ4v) is 1.17. The summed E-state index contributed by atoms with van der Waals surface area (Å²) in [4.78, 5) is 4.14. The van der Waals surface area contributed by atoms with Crippen LogP contribution in [0.25, 0.3) is 0 Å². The molecule has 0 saturated heterocycles. The normalized spacial score (nSPS) is 42.7.